The fraction of sp³-hybridized carbons (Fsp3) is 0.588. The van der Waals surface area contributed by atoms with E-state index in [1.807, 2.05) is 6.92 Å². The van der Waals surface area contributed by atoms with Gasteiger partial charge < -0.3 is 19.5 Å². The summed E-state index contributed by atoms with van der Waals surface area (Å²) >= 11 is 0. The van der Waals surface area contributed by atoms with E-state index < -0.39 is 0 Å². The SMILES string of the molecule is COc1cc(C(=O)NC(C)CCC(C)C)cc(OC)c1OC. The van der Waals surface area contributed by atoms with Crippen molar-refractivity contribution in [2.24, 2.45) is 5.92 Å². The Kier molecular flexibility index (Phi) is 7.02. The van der Waals surface area contributed by atoms with Gasteiger partial charge in [0.2, 0.25) is 5.75 Å². The fourth-order valence-electron chi connectivity index (χ4n) is 2.17. The zero-order valence-electron chi connectivity index (χ0n) is 14.4. The highest BCUT2D eigenvalue weighted by Gasteiger charge is 2.18. The van der Waals surface area contributed by atoms with Gasteiger partial charge in [0.1, 0.15) is 0 Å². The van der Waals surface area contributed by atoms with Crippen LogP contribution in [-0.4, -0.2) is 33.3 Å². The lowest BCUT2D eigenvalue weighted by Gasteiger charge is -2.17. The number of amides is 1. The first-order chi connectivity index (χ1) is 10.4. The van der Waals surface area contributed by atoms with Gasteiger partial charge in [0, 0.05) is 11.6 Å². The molecule has 1 unspecified atom stereocenters. The van der Waals surface area contributed by atoms with Crippen LogP contribution in [0.1, 0.15) is 44.0 Å². The van der Waals surface area contributed by atoms with E-state index >= 15 is 0 Å². The van der Waals surface area contributed by atoms with Crippen molar-refractivity contribution in [1.82, 2.24) is 5.32 Å². The maximum absolute atomic E-state index is 12.4. The number of carbonyl (C=O) groups is 1. The van der Waals surface area contributed by atoms with E-state index in [-0.39, 0.29) is 11.9 Å². The third-order valence-corrected chi connectivity index (χ3v) is 3.48. The molecule has 1 aromatic rings. The Bertz CT molecular complexity index is 474. The Morgan fingerprint density at radius 3 is 1.95 bits per heavy atom. The third-order valence-electron chi connectivity index (χ3n) is 3.48. The lowest BCUT2D eigenvalue weighted by molar-refractivity contribution is 0.0936. The van der Waals surface area contributed by atoms with Gasteiger partial charge in [-0.2, -0.15) is 0 Å². The first-order valence-corrected chi connectivity index (χ1v) is 7.53. The van der Waals surface area contributed by atoms with Crippen molar-refractivity contribution in [3.8, 4) is 17.2 Å². The monoisotopic (exact) mass is 309 g/mol. The highest BCUT2D eigenvalue weighted by molar-refractivity contribution is 5.95. The second-order valence-corrected chi connectivity index (χ2v) is 5.76. The molecule has 1 aromatic carbocycles. The number of hydrogen-bond donors (Lipinski definition) is 1. The largest absolute Gasteiger partial charge is 0.493 e. The van der Waals surface area contributed by atoms with Gasteiger partial charge in [0.05, 0.1) is 21.3 Å². The normalized spacial score (nSPS) is 12.0. The highest BCUT2D eigenvalue weighted by atomic mass is 16.5. The number of methoxy groups -OCH3 is 3. The summed E-state index contributed by atoms with van der Waals surface area (Å²) in [5.41, 5.74) is 0.492. The van der Waals surface area contributed by atoms with Crippen LogP contribution in [0, 0.1) is 5.92 Å². The number of carbonyl (C=O) groups excluding carboxylic acids is 1. The summed E-state index contributed by atoms with van der Waals surface area (Å²) in [4.78, 5) is 12.4. The molecule has 0 aliphatic carbocycles. The molecule has 0 aromatic heterocycles. The Morgan fingerprint density at radius 2 is 1.55 bits per heavy atom. The zero-order valence-corrected chi connectivity index (χ0v) is 14.4. The van der Waals surface area contributed by atoms with Gasteiger partial charge >= 0.3 is 0 Å². The molecule has 1 amide bonds. The summed E-state index contributed by atoms with van der Waals surface area (Å²) in [7, 11) is 4.60. The number of rotatable bonds is 8. The van der Waals surface area contributed by atoms with Crippen LogP contribution in [0.15, 0.2) is 12.1 Å². The maximum Gasteiger partial charge on any atom is 0.251 e. The number of benzene rings is 1. The van der Waals surface area contributed by atoms with E-state index in [2.05, 4.69) is 19.2 Å². The van der Waals surface area contributed by atoms with E-state index in [0.29, 0.717) is 28.7 Å². The summed E-state index contributed by atoms with van der Waals surface area (Å²) in [6.07, 6.45) is 2.03. The molecule has 5 heteroatoms. The second kappa shape index (κ2) is 8.51. The van der Waals surface area contributed by atoms with Crippen LogP contribution in [0.25, 0.3) is 0 Å². The summed E-state index contributed by atoms with van der Waals surface area (Å²) in [6.45, 7) is 6.36. The number of ether oxygens (including phenoxy) is 3. The van der Waals surface area contributed by atoms with Crippen LogP contribution in [0.2, 0.25) is 0 Å². The molecule has 22 heavy (non-hydrogen) atoms. The molecule has 0 radical (unpaired) electrons. The van der Waals surface area contributed by atoms with E-state index in [1.54, 1.807) is 12.1 Å². The van der Waals surface area contributed by atoms with E-state index in [1.165, 1.54) is 21.3 Å². The third kappa shape index (κ3) is 4.83. The Labute approximate surface area is 132 Å². The zero-order chi connectivity index (χ0) is 16.7. The Balaban J connectivity index is 2.89. The predicted molar refractivity (Wildman–Crippen MR) is 87.1 cm³/mol. The van der Waals surface area contributed by atoms with Crippen LogP contribution in [0.4, 0.5) is 0 Å². The van der Waals surface area contributed by atoms with Crippen molar-refractivity contribution >= 4 is 5.91 Å². The highest BCUT2D eigenvalue weighted by Crippen LogP contribution is 2.38. The molecule has 0 bridgehead atoms. The Morgan fingerprint density at radius 1 is 1.00 bits per heavy atom. The molecular formula is C17H27NO4. The molecule has 0 saturated carbocycles. The van der Waals surface area contributed by atoms with Crippen molar-refractivity contribution in [1.29, 1.82) is 0 Å². The van der Waals surface area contributed by atoms with Crippen molar-refractivity contribution in [3.05, 3.63) is 17.7 Å². The molecule has 0 fully saturated rings. The molecule has 1 N–H and O–H groups in total. The molecule has 5 nitrogen and oxygen atoms in total. The lowest BCUT2D eigenvalue weighted by Crippen LogP contribution is -2.32. The summed E-state index contributed by atoms with van der Waals surface area (Å²) in [6, 6.07) is 3.44. The van der Waals surface area contributed by atoms with Crippen LogP contribution in [-0.2, 0) is 0 Å². The van der Waals surface area contributed by atoms with Crippen molar-refractivity contribution in [3.63, 3.8) is 0 Å². The molecule has 0 aliphatic heterocycles. The molecule has 0 saturated heterocycles. The first-order valence-electron chi connectivity index (χ1n) is 7.53. The maximum atomic E-state index is 12.4. The minimum atomic E-state index is -0.143. The van der Waals surface area contributed by atoms with Gasteiger partial charge in [0.15, 0.2) is 11.5 Å². The summed E-state index contributed by atoms with van der Waals surface area (Å²) < 4.78 is 15.8. The second-order valence-electron chi connectivity index (χ2n) is 5.76. The van der Waals surface area contributed by atoms with Crippen LogP contribution >= 0.6 is 0 Å². The van der Waals surface area contributed by atoms with E-state index in [4.69, 9.17) is 14.2 Å². The number of hydrogen-bond acceptors (Lipinski definition) is 4. The van der Waals surface area contributed by atoms with Gasteiger partial charge in [0.25, 0.3) is 5.91 Å². The van der Waals surface area contributed by atoms with Crippen LogP contribution < -0.4 is 19.5 Å². The lowest BCUT2D eigenvalue weighted by atomic mass is 10.0. The molecule has 1 rings (SSSR count). The Hall–Kier alpha value is -1.91. The van der Waals surface area contributed by atoms with E-state index in [0.717, 1.165) is 12.8 Å². The fourth-order valence-corrected chi connectivity index (χ4v) is 2.17. The van der Waals surface area contributed by atoms with Crippen molar-refractivity contribution in [2.75, 3.05) is 21.3 Å². The molecule has 0 aliphatic rings. The quantitative estimate of drug-likeness (QED) is 0.801. The van der Waals surface area contributed by atoms with Gasteiger partial charge in [-0.1, -0.05) is 13.8 Å². The van der Waals surface area contributed by atoms with Gasteiger partial charge in [-0.25, -0.2) is 0 Å². The van der Waals surface area contributed by atoms with Gasteiger partial charge in [-0.15, -0.1) is 0 Å². The first kappa shape index (κ1) is 18.1. The number of nitrogens with one attached hydrogen (secondary N) is 1. The van der Waals surface area contributed by atoms with Crippen molar-refractivity contribution < 1.29 is 19.0 Å². The molecule has 0 heterocycles. The topological polar surface area (TPSA) is 56.8 Å². The van der Waals surface area contributed by atoms with Gasteiger partial charge in [-0.05, 0) is 37.8 Å². The minimum absolute atomic E-state index is 0.119. The predicted octanol–water partition coefficient (Wildman–Crippen LogP) is 3.27. The van der Waals surface area contributed by atoms with Gasteiger partial charge in [-0.3, -0.25) is 4.79 Å². The molecule has 124 valence electrons. The molecule has 1 atom stereocenters. The summed E-state index contributed by atoms with van der Waals surface area (Å²) in [5.74, 6) is 1.91. The van der Waals surface area contributed by atoms with E-state index in [9.17, 15) is 4.79 Å². The summed E-state index contributed by atoms with van der Waals surface area (Å²) in [5, 5.41) is 3.00. The standard InChI is InChI=1S/C17H27NO4/c1-11(2)7-8-12(3)18-17(19)13-9-14(20-4)16(22-6)15(10-13)21-5/h9-12H,7-8H2,1-6H3,(H,18,19). The minimum Gasteiger partial charge on any atom is -0.493 e. The smallest absolute Gasteiger partial charge is 0.251 e. The molecule has 0 spiro atoms. The van der Waals surface area contributed by atoms with Crippen LogP contribution in [0.3, 0.4) is 0 Å². The average Bonchev–Trinajstić information content (AvgIpc) is 2.51. The average molecular weight is 309 g/mol. The molecular weight excluding hydrogens is 282 g/mol. The van der Waals surface area contributed by atoms with Crippen LogP contribution in [0.5, 0.6) is 17.2 Å². The van der Waals surface area contributed by atoms with Crippen molar-refractivity contribution in [2.45, 2.75) is 39.7 Å².